The van der Waals surface area contributed by atoms with Crippen molar-refractivity contribution < 1.29 is 9.53 Å². The van der Waals surface area contributed by atoms with E-state index in [4.69, 9.17) is 4.74 Å². The quantitative estimate of drug-likeness (QED) is 0.735. The van der Waals surface area contributed by atoms with E-state index in [1.807, 2.05) is 12.1 Å². The Hall–Kier alpha value is -1.98. The highest BCUT2D eigenvalue weighted by Crippen LogP contribution is 2.59. The molecule has 2 heterocycles. The third-order valence-corrected chi connectivity index (χ3v) is 7.62. The second-order valence-electron chi connectivity index (χ2n) is 8.65. The SMILES string of the molecule is CSc1ccc(NC(=O)C2CC23CCN(Cc2ccc4c(c2)CCO4)CC3)cc1. The highest BCUT2D eigenvalue weighted by molar-refractivity contribution is 7.98. The minimum absolute atomic E-state index is 0.182. The van der Waals surface area contributed by atoms with E-state index in [1.54, 1.807) is 11.8 Å². The molecule has 1 N–H and O–H groups in total. The molecule has 2 aromatic carbocycles. The van der Waals surface area contributed by atoms with Gasteiger partial charge in [-0.2, -0.15) is 0 Å². The van der Waals surface area contributed by atoms with Gasteiger partial charge in [0.25, 0.3) is 0 Å². The molecule has 1 aliphatic carbocycles. The number of likely N-dealkylation sites (tertiary alicyclic amines) is 1. The van der Waals surface area contributed by atoms with Gasteiger partial charge in [-0.15, -0.1) is 11.8 Å². The summed E-state index contributed by atoms with van der Waals surface area (Å²) < 4.78 is 5.61. The fourth-order valence-electron chi connectivity index (χ4n) is 4.93. The van der Waals surface area contributed by atoms with E-state index in [0.29, 0.717) is 0 Å². The lowest BCUT2D eigenvalue weighted by Gasteiger charge is -2.33. The summed E-state index contributed by atoms with van der Waals surface area (Å²) in [6.07, 6.45) is 6.40. The summed E-state index contributed by atoms with van der Waals surface area (Å²) in [7, 11) is 0. The molecule has 4 nitrogen and oxygen atoms in total. The number of carbonyl (C=O) groups excluding carboxylic acids is 1. The van der Waals surface area contributed by atoms with Gasteiger partial charge in [-0.25, -0.2) is 0 Å². The molecule has 1 spiro atoms. The zero-order valence-corrected chi connectivity index (χ0v) is 17.8. The largest absolute Gasteiger partial charge is 0.493 e. The first-order valence-electron chi connectivity index (χ1n) is 10.6. The smallest absolute Gasteiger partial charge is 0.228 e. The Bertz CT molecular complexity index is 904. The van der Waals surface area contributed by atoms with Crippen molar-refractivity contribution in [1.29, 1.82) is 0 Å². The number of nitrogens with one attached hydrogen (secondary N) is 1. The van der Waals surface area contributed by atoms with Gasteiger partial charge in [0.05, 0.1) is 6.61 Å². The van der Waals surface area contributed by atoms with Crippen molar-refractivity contribution in [3.63, 3.8) is 0 Å². The van der Waals surface area contributed by atoms with Crippen LogP contribution in [0, 0.1) is 11.3 Å². The van der Waals surface area contributed by atoms with Gasteiger partial charge >= 0.3 is 0 Å². The van der Waals surface area contributed by atoms with Crippen LogP contribution in [0.4, 0.5) is 5.69 Å². The second-order valence-corrected chi connectivity index (χ2v) is 9.53. The predicted octanol–water partition coefficient (Wildman–Crippen LogP) is 4.58. The van der Waals surface area contributed by atoms with Crippen LogP contribution < -0.4 is 10.1 Å². The van der Waals surface area contributed by atoms with Crippen LogP contribution in [0.15, 0.2) is 47.4 Å². The summed E-state index contributed by atoms with van der Waals surface area (Å²) in [6, 6.07) is 14.8. The summed E-state index contributed by atoms with van der Waals surface area (Å²) in [5.74, 6) is 1.44. The number of hydrogen-bond acceptors (Lipinski definition) is 4. The van der Waals surface area contributed by atoms with Crippen molar-refractivity contribution in [2.75, 3.05) is 31.3 Å². The van der Waals surface area contributed by atoms with E-state index < -0.39 is 0 Å². The minimum Gasteiger partial charge on any atom is -0.493 e. The van der Waals surface area contributed by atoms with Gasteiger partial charge < -0.3 is 10.1 Å². The van der Waals surface area contributed by atoms with Crippen LogP contribution in [0.5, 0.6) is 5.75 Å². The van der Waals surface area contributed by atoms with Crippen molar-refractivity contribution in [2.24, 2.45) is 11.3 Å². The Morgan fingerprint density at radius 3 is 2.76 bits per heavy atom. The Morgan fingerprint density at radius 2 is 2.00 bits per heavy atom. The van der Waals surface area contributed by atoms with Gasteiger partial charge in [-0.1, -0.05) is 12.1 Å². The van der Waals surface area contributed by atoms with Gasteiger partial charge in [-0.05, 0) is 85.5 Å². The van der Waals surface area contributed by atoms with E-state index in [-0.39, 0.29) is 17.2 Å². The normalized spacial score (nSPS) is 22.2. The first-order chi connectivity index (χ1) is 14.1. The number of anilines is 1. The highest BCUT2D eigenvalue weighted by atomic mass is 32.2. The van der Waals surface area contributed by atoms with Crippen LogP contribution in [0.1, 0.15) is 30.4 Å². The lowest BCUT2D eigenvalue weighted by atomic mass is 9.90. The molecule has 152 valence electrons. The first kappa shape index (κ1) is 19.0. The van der Waals surface area contributed by atoms with Crippen molar-refractivity contribution in [3.8, 4) is 5.75 Å². The average Bonchev–Trinajstić information content (AvgIpc) is 3.24. The number of nitrogens with zero attached hydrogens (tertiary/aromatic N) is 1. The molecule has 2 aromatic rings. The standard InChI is InChI=1S/C24H28N2O2S/c1-29-20-5-3-19(4-6-20)25-23(27)21-15-24(21)9-11-26(12-10-24)16-17-2-7-22-18(14-17)8-13-28-22/h2-7,14,21H,8-13,15-16H2,1H3,(H,25,27). The van der Waals surface area contributed by atoms with Crippen LogP contribution in [-0.2, 0) is 17.8 Å². The maximum atomic E-state index is 12.7. The van der Waals surface area contributed by atoms with Crippen LogP contribution in [-0.4, -0.2) is 36.8 Å². The molecular weight excluding hydrogens is 380 g/mol. The number of benzene rings is 2. The summed E-state index contributed by atoms with van der Waals surface area (Å²) in [4.78, 5) is 16.5. The molecule has 2 fully saturated rings. The molecule has 1 atom stereocenters. The highest BCUT2D eigenvalue weighted by Gasteiger charge is 2.58. The number of thioether (sulfide) groups is 1. The molecule has 0 bridgehead atoms. The first-order valence-corrected chi connectivity index (χ1v) is 11.8. The third-order valence-electron chi connectivity index (χ3n) is 6.88. The lowest BCUT2D eigenvalue weighted by molar-refractivity contribution is -0.118. The lowest BCUT2D eigenvalue weighted by Crippen LogP contribution is -2.35. The van der Waals surface area contributed by atoms with Crippen molar-refractivity contribution in [1.82, 2.24) is 4.90 Å². The number of carbonyl (C=O) groups is 1. The molecular formula is C24H28N2O2S. The van der Waals surface area contributed by atoms with E-state index in [9.17, 15) is 4.79 Å². The van der Waals surface area contributed by atoms with E-state index >= 15 is 0 Å². The number of rotatable bonds is 5. The van der Waals surface area contributed by atoms with Gasteiger partial charge in [-0.3, -0.25) is 9.69 Å². The zero-order chi connectivity index (χ0) is 19.8. The fourth-order valence-corrected chi connectivity index (χ4v) is 5.34. The fraction of sp³-hybridized carbons (Fsp3) is 0.458. The molecule has 5 heteroatoms. The van der Waals surface area contributed by atoms with E-state index in [2.05, 4.69) is 46.8 Å². The number of piperidine rings is 1. The van der Waals surface area contributed by atoms with Gasteiger partial charge in [0, 0.05) is 29.5 Å². The molecule has 29 heavy (non-hydrogen) atoms. The van der Waals surface area contributed by atoms with Gasteiger partial charge in [0.1, 0.15) is 5.75 Å². The third kappa shape index (κ3) is 3.90. The average molecular weight is 409 g/mol. The van der Waals surface area contributed by atoms with Crippen LogP contribution in [0.3, 0.4) is 0 Å². The van der Waals surface area contributed by atoms with E-state index in [0.717, 1.165) is 63.4 Å². The van der Waals surface area contributed by atoms with Crippen LogP contribution >= 0.6 is 11.8 Å². The Morgan fingerprint density at radius 1 is 1.21 bits per heavy atom. The van der Waals surface area contributed by atoms with E-state index in [1.165, 1.54) is 16.0 Å². The number of hydrogen-bond donors (Lipinski definition) is 1. The summed E-state index contributed by atoms with van der Waals surface area (Å²) in [6.45, 7) is 3.98. The summed E-state index contributed by atoms with van der Waals surface area (Å²) in [5, 5.41) is 3.13. The molecule has 1 saturated heterocycles. The molecule has 1 saturated carbocycles. The van der Waals surface area contributed by atoms with Gasteiger partial charge in [0.2, 0.25) is 5.91 Å². The maximum absolute atomic E-state index is 12.7. The van der Waals surface area contributed by atoms with Crippen molar-refractivity contribution in [2.45, 2.75) is 37.1 Å². The van der Waals surface area contributed by atoms with Crippen molar-refractivity contribution in [3.05, 3.63) is 53.6 Å². The molecule has 0 aromatic heterocycles. The molecule has 0 radical (unpaired) electrons. The van der Waals surface area contributed by atoms with Crippen molar-refractivity contribution >= 4 is 23.4 Å². The summed E-state index contributed by atoms with van der Waals surface area (Å²) >= 11 is 1.72. The monoisotopic (exact) mass is 408 g/mol. The molecule has 1 amide bonds. The van der Waals surface area contributed by atoms with Gasteiger partial charge in [0.15, 0.2) is 0 Å². The minimum atomic E-state index is 0.182. The number of fused-ring (bicyclic) bond motifs is 1. The van der Waals surface area contributed by atoms with Crippen LogP contribution in [0.25, 0.3) is 0 Å². The maximum Gasteiger partial charge on any atom is 0.228 e. The molecule has 3 aliphatic rings. The predicted molar refractivity (Wildman–Crippen MR) is 118 cm³/mol. The molecule has 5 rings (SSSR count). The summed E-state index contributed by atoms with van der Waals surface area (Å²) in [5.41, 5.74) is 3.88. The Labute approximate surface area is 177 Å². The number of amides is 1. The molecule has 1 unspecified atom stereocenters. The molecule has 2 aliphatic heterocycles. The topological polar surface area (TPSA) is 41.6 Å². The Balaban J connectivity index is 1.13. The number of ether oxygens (including phenoxy) is 1. The Kier molecular flexibility index (Phi) is 5.04. The zero-order valence-electron chi connectivity index (χ0n) is 16.9. The van der Waals surface area contributed by atoms with Crippen LogP contribution in [0.2, 0.25) is 0 Å². The second kappa shape index (κ2) is 7.69.